The standard InChI is InChI=1S/C11H15NO/c12-10-5-8-3-1-2-4-9(8)6-11(13)7-10/h1-4,10-11,13H,5-7,12H2/t10?,11-/m1/s1. The van der Waals surface area contributed by atoms with E-state index in [9.17, 15) is 5.11 Å². The van der Waals surface area contributed by atoms with E-state index in [1.807, 2.05) is 12.1 Å². The van der Waals surface area contributed by atoms with Crippen molar-refractivity contribution in [2.75, 3.05) is 0 Å². The Bertz CT molecular complexity index is 269. The van der Waals surface area contributed by atoms with Crippen LogP contribution in [-0.2, 0) is 12.8 Å². The van der Waals surface area contributed by atoms with Crippen LogP contribution in [0.1, 0.15) is 17.5 Å². The molecule has 0 bridgehead atoms. The first-order chi connectivity index (χ1) is 6.25. The second-order valence-corrected chi connectivity index (χ2v) is 3.83. The predicted molar refractivity (Wildman–Crippen MR) is 52.4 cm³/mol. The number of hydrogen-bond donors (Lipinski definition) is 2. The Morgan fingerprint density at radius 1 is 1.15 bits per heavy atom. The molecule has 0 spiro atoms. The van der Waals surface area contributed by atoms with Crippen LogP contribution in [0, 0.1) is 0 Å². The molecule has 1 aliphatic rings. The number of rotatable bonds is 0. The van der Waals surface area contributed by atoms with Gasteiger partial charge in [-0.15, -0.1) is 0 Å². The highest BCUT2D eigenvalue weighted by Gasteiger charge is 2.18. The van der Waals surface area contributed by atoms with Gasteiger partial charge in [0.05, 0.1) is 6.10 Å². The molecule has 0 aromatic heterocycles. The minimum atomic E-state index is -0.265. The number of fused-ring (bicyclic) bond motifs is 1. The number of aliphatic hydroxyl groups excluding tert-OH is 1. The van der Waals surface area contributed by atoms with Crippen LogP contribution in [0.5, 0.6) is 0 Å². The van der Waals surface area contributed by atoms with Crippen LogP contribution in [0.2, 0.25) is 0 Å². The summed E-state index contributed by atoms with van der Waals surface area (Å²) >= 11 is 0. The van der Waals surface area contributed by atoms with Crippen LogP contribution in [-0.4, -0.2) is 17.3 Å². The average Bonchev–Trinajstić information content (AvgIpc) is 2.20. The first-order valence-corrected chi connectivity index (χ1v) is 4.76. The topological polar surface area (TPSA) is 46.2 Å². The molecule has 3 N–H and O–H groups in total. The van der Waals surface area contributed by atoms with Gasteiger partial charge in [0.25, 0.3) is 0 Å². The van der Waals surface area contributed by atoms with Crippen LogP contribution in [0.3, 0.4) is 0 Å². The van der Waals surface area contributed by atoms with Crippen LogP contribution in [0.4, 0.5) is 0 Å². The van der Waals surface area contributed by atoms with Gasteiger partial charge in [-0.05, 0) is 30.4 Å². The second kappa shape index (κ2) is 3.48. The Balaban J connectivity index is 2.32. The van der Waals surface area contributed by atoms with Crippen molar-refractivity contribution < 1.29 is 5.11 Å². The lowest BCUT2D eigenvalue weighted by Crippen LogP contribution is -2.26. The van der Waals surface area contributed by atoms with Gasteiger partial charge in [0, 0.05) is 6.04 Å². The fourth-order valence-corrected chi connectivity index (χ4v) is 2.01. The van der Waals surface area contributed by atoms with Gasteiger partial charge in [0.15, 0.2) is 0 Å². The van der Waals surface area contributed by atoms with E-state index in [2.05, 4.69) is 12.1 Å². The third-order valence-corrected chi connectivity index (χ3v) is 2.63. The zero-order valence-corrected chi connectivity index (χ0v) is 7.61. The van der Waals surface area contributed by atoms with Crippen molar-refractivity contribution in [3.63, 3.8) is 0 Å². The maximum Gasteiger partial charge on any atom is 0.0595 e. The van der Waals surface area contributed by atoms with Crippen molar-refractivity contribution in [1.29, 1.82) is 0 Å². The van der Waals surface area contributed by atoms with E-state index >= 15 is 0 Å². The molecule has 2 heteroatoms. The molecule has 1 unspecified atom stereocenters. The van der Waals surface area contributed by atoms with Crippen molar-refractivity contribution in [2.45, 2.75) is 31.4 Å². The predicted octanol–water partition coefficient (Wildman–Crippen LogP) is 0.863. The highest BCUT2D eigenvalue weighted by molar-refractivity contribution is 5.29. The molecule has 13 heavy (non-hydrogen) atoms. The summed E-state index contributed by atoms with van der Waals surface area (Å²) in [6.45, 7) is 0. The lowest BCUT2D eigenvalue weighted by atomic mass is 10.0. The molecule has 2 rings (SSSR count). The van der Waals surface area contributed by atoms with Gasteiger partial charge in [-0.2, -0.15) is 0 Å². The van der Waals surface area contributed by atoms with E-state index in [1.54, 1.807) is 0 Å². The van der Waals surface area contributed by atoms with E-state index in [0.29, 0.717) is 6.42 Å². The molecule has 0 saturated carbocycles. The quantitative estimate of drug-likeness (QED) is 0.577. The number of nitrogens with two attached hydrogens (primary N) is 1. The summed E-state index contributed by atoms with van der Waals surface area (Å²) in [7, 11) is 0. The average molecular weight is 177 g/mol. The van der Waals surface area contributed by atoms with Gasteiger partial charge in [-0.25, -0.2) is 0 Å². The van der Waals surface area contributed by atoms with E-state index in [-0.39, 0.29) is 12.1 Å². The molecule has 2 nitrogen and oxygen atoms in total. The van der Waals surface area contributed by atoms with Crippen LogP contribution < -0.4 is 5.73 Å². The lowest BCUT2D eigenvalue weighted by molar-refractivity contribution is 0.159. The van der Waals surface area contributed by atoms with E-state index in [1.165, 1.54) is 11.1 Å². The molecular formula is C11H15NO. The molecule has 1 aromatic carbocycles. The van der Waals surface area contributed by atoms with E-state index in [4.69, 9.17) is 5.73 Å². The molecule has 0 amide bonds. The number of hydrogen-bond acceptors (Lipinski definition) is 2. The Morgan fingerprint density at radius 2 is 1.77 bits per heavy atom. The summed E-state index contributed by atoms with van der Waals surface area (Å²) < 4.78 is 0. The molecular weight excluding hydrogens is 162 g/mol. The van der Waals surface area contributed by atoms with Gasteiger partial charge in [-0.1, -0.05) is 24.3 Å². The first-order valence-electron chi connectivity index (χ1n) is 4.76. The molecule has 0 fully saturated rings. The van der Waals surface area contributed by atoms with Crippen molar-refractivity contribution >= 4 is 0 Å². The Kier molecular flexibility index (Phi) is 2.34. The third-order valence-electron chi connectivity index (χ3n) is 2.63. The van der Waals surface area contributed by atoms with E-state index in [0.717, 1.165) is 12.8 Å². The maximum absolute atomic E-state index is 9.63. The molecule has 1 aromatic rings. The summed E-state index contributed by atoms with van der Waals surface area (Å²) in [6.07, 6.45) is 2.10. The highest BCUT2D eigenvalue weighted by atomic mass is 16.3. The summed E-state index contributed by atoms with van der Waals surface area (Å²) in [6, 6.07) is 8.34. The fourth-order valence-electron chi connectivity index (χ4n) is 2.01. The van der Waals surface area contributed by atoms with E-state index < -0.39 is 0 Å². The minimum Gasteiger partial charge on any atom is -0.393 e. The molecule has 70 valence electrons. The minimum absolute atomic E-state index is 0.110. The zero-order valence-electron chi connectivity index (χ0n) is 7.61. The molecule has 0 aliphatic heterocycles. The summed E-state index contributed by atoms with van der Waals surface area (Å²) in [5.74, 6) is 0. The summed E-state index contributed by atoms with van der Waals surface area (Å²) in [4.78, 5) is 0. The van der Waals surface area contributed by atoms with Crippen LogP contribution in [0.25, 0.3) is 0 Å². The molecule has 2 atom stereocenters. The Morgan fingerprint density at radius 3 is 2.46 bits per heavy atom. The summed E-state index contributed by atoms with van der Waals surface area (Å²) in [5.41, 5.74) is 8.43. The Hall–Kier alpha value is -0.860. The zero-order chi connectivity index (χ0) is 9.26. The van der Waals surface area contributed by atoms with Crippen LogP contribution in [0.15, 0.2) is 24.3 Å². The normalized spacial score (nSPS) is 27.8. The first kappa shape index (κ1) is 8.73. The fraction of sp³-hybridized carbons (Fsp3) is 0.455. The van der Waals surface area contributed by atoms with Crippen molar-refractivity contribution in [3.05, 3.63) is 35.4 Å². The second-order valence-electron chi connectivity index (χ2n) is 3.83. The largest absolute Gasteiger partial charge is 0.393 e. The number of benzene rings is 1. The SMILES string of the molecule is NC1Cc2ccccc2C[C@@H](O)C1. The summed E-state index contributed by atoms with van der Waals surface area (Å²) in [5, 5.41) is 9.63. The van der Waals surface area contributed by atoms with Crippen molar-refractivity contribution in [2.24, 2.45) is 5.73 Å². The van der Waals surface area contributed by atoms with Gasteiger partial charge < -0.3 is 10.8 Å². The number of aliphatic hydroxyl groups is 1. The van der Waals surface area contributed by atoms with Gasteiger partial charge in [0.1, 0.15) is 0 Å². The molecule has 0 heterocycles. The van der Waals surface area contributed by atoms with Crippen molar-refractivity contribution in [1.82, 2.24) is 0 Å². The lowest BCUT2D eigenvalue weighted by Gasteiger charge is -2.09. The van der Waals surface area contributed by atoms with Gasteiger partial charge >= 0.3 is 0 Å². The molecule has 0 saturated heterocycles. The maximum atomic E-state index is 9.63. The monoisotopic (exact) mass is 177 g/mol. The Labute approximate surface area is 78.4 Å². The van der Waals surface area contributed by atoms with Gasteiger partial charge in [0.2, 0.25) is 0 Å². The van der Waals surface area contributed by atoms with Crippen LogP contribution >= 0.6 is 0 Å². The molecule has 1 aliphatic carbocycles. The smallest absolute Gasteiger partial charge is 0.0595 e. The third kappa shape index (κ3) is 1.90. The highest BCUT2D eigenvalue weighted by Crippen LogP contribution is 2.19. The van der Waals surface area contributed by atoms with Gasteiger partial charge in [-0.3, -0.25) is 0 Å². The molecule has 0 radical (unpaired) electrons. The van der Waals surface area contributed by atoms with Crippen molar-refractivity contribution in [3.8, 4) is 0 Å².